The molecule has 1 aliphatic carbocycles. The molecule has 2 fully saturated rings. The predicted octanol–water partition coefficient (Wildman–Crippen LogP) is 3.74. The fourth-order valence-electron chi connectivity index (χ4n) is 4.59. The fourth-order valence-corrected chi connectivity index (χ4v) is 4.59. The number of amides is 2. The fraction of sp³-hybridized carbons (Fsp3) is 0.391. The monoisotopic (exact) mass is 395 g/mol. The minimum Gasteiger partial charge on any atom is -0.322 e. The number of hydrazine groups is 1. The summed E-state index contributed by atoms with van der Waals surface area (Å²) in [5, 5.41) is 2.86. The van der Waals surface area contributed by atoms with E-state index in [9.17, 15) is 14.0 Å². The molecule has 0 radical (unpaired) electrons. The van der Waals surface area contributed by atoms with Crippen molar-refractivity contribution < 1.29 is 14.0 Å². The highest BCUT2D eigenvalue weighted by Gasteiger charge is 2.39. The van der Waals surface area contributed by atoms with Crippen molar-refractivity contribution in [1.29, 1.82) is 0 Å². The maximum absolute atomic E-state index is 13.3. The molecule has 29 heavy (non-hydrogen) atoms. The van der Waals surface area contributed by atoms with Gasteiger partial charge in [0.25, 0.3) is 5.91 Å². The number of rotatable bonds is 4. The molecule has 0 aromatic heterocycles. The van der Waals surface area contributed by atoms with Gasteiger partial charge in [-0.15, -0.1) is 0 Å². The Hall–Kier alpha value is -2.73. The van der Waals surface area contributed by atoms with Crippen molar-refractivity contribution in [3.63, 3.8) is 0 Å². The molecule has 2 aromatic rings. The molecule has 2 aliphatic rings. The van der Waals surface area contributed by atoms with Crippen molar-refractivity contribution >= 4 is 17.5 Å². The summed E-state index contributed by atoms with van der Waals surface area (Å²) in [5.41, 5.74) is 8.91. The second kappa shape index (κ2) is 8.33. The van der Waals surface area contributed by atoms with Gasteiger partial charge in [-0.2, -0.15) is 0 Å². The third-order valence-electron chi connectivity index (χ3n) is 6.14. The summed E-state index contributed by atoms with van der Waals surface area (Å²) >= 11 is 0. The van der Waals surface area contributed by atoms with Crippen molar-refractivity contribution in [2.45, 2.75) is 45.1 Å². The van der Waals surface area contributed by atoms with E-state index in [-0.39, 0.29) is 29.6 Å². The van der Waals surface area contributed by atoms with E-state index in [0.717, 1.165) is 37.7 Å². The number of halogens is 1. The van der Waals surface area contributed by atoms with E-state index in [4.69, 9.17) is 0 Å². The lowest BCUT2D eigenvalue weighted by molar-refractivity contribution is -0.133. The van der Waals surface area contributed by atoms with E-state index in [2.05, 4.69) is 16.2 Å². The van der Waals surface area contributed by atoms with Crippen molar-refractivity contribution in [1.82, 2.24) is 10.9 Å². The normalized spacial score (nSPS) is 23.8. The molecule has 3 atom stereocenters. The number of nitrogens with one attached hydrogen (secondary N) is 3. The Morgan fingerprint density at radius 2 is 2.00 bits per heavy atom. The predicted molar refractivity (Wildman–Crippen MR) is 110 cm³/mol. The molecule has 4 rings (SSSR count). The zero-order chi connectivity index (χ0) is 20.4. The van der Waals surface area contributed by atoms with Gasteiger partial charge in [0.15, 0.2) is 0 Å². The third-order valence-corrected chi connectivity index (χ3v) is 6.14. The lowest BCUT2D eigenvalue weighted by Gasteiger charge is -2.41. The van der Waals surface area contributed by atoms with Gasteiger partial charge < -0.3 is 5.32 Å². The van der Waals surface area contributed by atoms with Crippen LogP contribution in [0.15, 0.2) is 42.5 Å². The highest BCUT2D eigenvalue weighted by Crippen LogP contribution is 2.35. The summed E-state index contributed by atoms with van der Waals surface area (Å²) in [6.45, 7) is 1.76. The molecule has 3 N–H and O–H groups in total. The summed E-state index contributed by atoms with van der Waals surface area (Å²) in [4.78, 5) is 24.8. The Morgan fingerprint density at radius 3 is 2.83 bits per heavy atom. The summed E-state index contributed by atoms with van der Waals surface area (Å²) in [6.07, 6.45) is 5.03. The van der Waals surface area contributed by atoms with E-state index in [1.165, 1.54) is 12.1 Å². The molecule has 152 valence electrons. The van der Waals surface area contributed by atoms with Gasteiger partial charge >= 0.3 is 0 Å². The van der Waals surface area contributed by atoms with E-state index in [0.29, 0.717) is 22.7 Å². The molecule has 1 heterocycles. The van der Waals surface area contributed by atoms with Gasteiger partial charge in [-0.1, -0.05) is 25.0 Å². The van der Waals surface area contributed by atoms with E-state index >= 15 is 0 Å². The van der Waals surface area contributed by atoms with Crippen LogP contribution in [0, 0.1) is 24.6 Å². The Balaban J connectivity index is 1.47. The molecule has 6 heteroatoms. The van der Waals surface area contributed by atoms with Crippen LogP contribution < -0.4 is 16.2 Å². The molecule has 1 saturated heterocycles. The average Bonchev–Trinajstić information content (AvgIpc) is 2.72. The van der Waals surface area contributed by atoms with Crippen molar-refractivity contribution in [3.05, 3.63) is 65.0 Å². The summed E-state index contributed by atoms with van der Waals surface area (Å²) in [6, 6.07) is 12.0. The number of carbonyl (C=O) groups excluding carboxylic acids is 2. The SMILES string of the molecule is Cc1cc(F)ccc1NC(=O)c1cccc(CC2NNC(=O)C3CCCCC23)c1. The topological polar surface area (TPSA) is 70.2 Å². The first-order valence-electron chi connectivity index (χ1n) is 10.2. The summed E-state index contributed by atoms with van der Waals surface area (Å²) < 4.78 is 13.3. The summed E-state index contributed by atoms with van der Waals surface area (Å²) in [5.74, 6) is -0.0221. The zero-order valence-corrected chi connectivity index (χ0v) is 16.5. The molecular formula is C23H26FN3O2. The van der Waals surface area contributed by atoms with E-state index in [1.54, 1.807) is 19.1 Å². The number of hydrogen-bond donors (Lipinski definition) is 3. The molecule has 5 nitrogen and oxygen atoms in total. The Morgan fingerprint density at radius 1 is 1.17 bits per heavy atom. The van der Waals surface area contributed by atoms with E-state index < -0.39 is 0 Å². The minimum absolute atomic E-state index is 0.0860. The highest BCUT2D eigenvalue weighted by molar-refractivity contribution is 6.04. The van der Waals surface area contributed by atoms with Crippen LogP contribution in [0.5, 0.6) is 0 Å². The van der Waals surface area contributed by atoms with Crippen molar-refractivity contribution in [2.75, 3.05) is 5.32 Å². The molecular weight excluding hydrogens is 369 g/mol. The number of aryl methyl sites for hydroxylation is 1. The van der Waals surface area contributed by atoms with Crippen LogP contribution in [0.4, 0.5) is 10.1 Å². The largest absolute Gasteiger partial charge is 0.322 e. The Bertz CT molecular complexity index is 930. The van der Waals surface area contributed by atoms with Gasteiger partial charge in [-0.25, -0.2) is 9.82 Å². The maximum Gasteiger partial charge on any atom is 0.255 e. The van der Waals surface area contributed by atoms with Crippen LogP contribution in [-0.4, -0.2) is 17.9 Å². The number of fused-ring (bicyclic) bond motifs is 1. The zero-order valence-electron chi connectivity index (χ0n) is 16.5. The molecule has 3 unspecified atom stereocenters. The number of carbonyl (C=O) groups is 2. The van der Waals surface area contributed by atoms with Gasteiger partial charge in [0.05, 0.1) is 0 Å². The maximum atomic E-state index is 13.3. The third kappa shape index (κ3) is 4.32. The van der Waals surface area contributed by atoms with Gasteiger partial charge in [-0.05, 0) is 73.6 Å². The van der Waals surface area contributed by atoms with Gasteiger partial charge in [-0.3, -0.25) is 15.0 Å². The molecule has 2 amide bonds. The Labute approximate surface area is 170 Å². The quantitative estimate of drug-likeness (QED) is 0.739. The lowest BCUT2D eigenvalue weighted by Crippen LogP contribution is -2.60. The number of hydrogen-bond acceptors (Lipinski definition) is 3. The Kier molecular flexibility index (Phi) is 5.62. The first kappa shape index (κ1) is 19.6. The second-order valence-corrected chi connectivity index (χ2v) is 8.11. The van der Waals surface area contributed by atoms with Gasteiger partial charge in [0.1, 0.15) is 5.82 Å². The first-order valence-corrected chi connectivity index (χ1v) is 10.2. The van der Waals surface area contributed by atoms with E-state index in [1.807, 2.05) is 18.2 Å². The molecule has 2 aromatic carbocycles. The minimum atomic E-state index is -0.324. The van der Waals surface area contributed by atoms with Crippen LogP contribution in [0.2, 0.25) is 0 Å². The molecule has 0 spiro atoms. The average molecular weight is 395 g/mol. The van der Waals surface area contributed by atoms with Gasteiger partial charge in [0, 0.05) is 23.2 Å². The summed E-state index contributed by atoms with van der Waals surface area (Å²) in [7, 11) is 0. The lowest BCUT2D eigenvalue weighted by atomic mass is 9.72. The number of anilines is 1. The standard InChI is InChI=1S/C23H26FN3O2/c1-14-11-17(24)9-10-20(14)25-22(28)16-6-4-5-15(12-16)13-21-18-7-2-3-8-19(18)23(29)27-26-21/h4-6,9-12,18-19,21,26H,2-3,7-8,13H2,1H3,(H,25,28)(H,27,29). The molecule has 1 saturated carbocycles. The van der Waals surface area contributed by atoms with Crippen LogP contribution in [0.3, 0.4) is 0 Å². The van der Waals surface area contributed by atoms with Crippen LogP contribution in [-0.2, 0) is 11.2 Å². The van der Waals surface area contributed by atoms with Crippen molar-refractivity contribution in [3.8, 4) is 0 Å². The van der Waals surface area contributed by atoms with Gasteiger partial charge in [0.2, 0.25) is 5.91 Å². The number of benzene rings is 2. The van der Waals surface area contributed by atoms with Crippen LogP contribution in [0.25, 0.3) is 0 Å². The highest BCUT2D eigenvalue weighted by atomic mass is 19.1. The second-order valence-electron chi connectivity index (χ2n) is 8.11. The van der Waals surface area contributed by atoms with Crippen LogP contribution in [0.1, 0.15) is 47.2 Å². The smallest absolute Gasteiger partial charge is 0.255 e. The molecule has 1 aliphatic heterocycles. The molecule has 0 bridgehead atoms. The first-order chi connectivity index (χ1) is 14.0. The van der Waals surface area contributed by atoms with Crippen molar-refractivity contribution in [2.24, 2.45) is 11.8 Å². The van der Waals surface area contributed by atoms with Crippen LogP contribution >= 0.6 is 0 Å².